The summed E-state index contributed by atoms with van der Waals surface area (Å²) in [5.41, 5.74) is 5.05. The molecule has 106 valence electrons. The summed E-state index contributed by atoms with van der Waals surface area (Å²) in [5, 5.41) is 0. The van der Waals surface area contributed by atoms with Crippen LogP contribution in [0.2, 0.25) is 0 Å². The highest BCUT2D eigenvalue weighted by molar-refractivity contribution is 7.87. The van der Waals surface area contributed by atoms with E-state index in [0.29, 0.717) is 25.9 Å². The number of hydrogen-bond acceptors (Lipinski definition) is 3. The molecule has 0 bridgehead atoms. The van der Waals surface area contributed by atoms with Gasteiger partial charge in [-0.1, -0.05) is 45.3 Å². The van der Waals surface area contributed by atoms with Gasteiger partial charge in [0, 0.05) is 13.1 Å². The topological polar surface area (TPSA) is 75.4 Å². The van der Waals surface area contributed by atoms with Gasteiger partial charge >= 0.3 is 0 Å². The molecule has 0 saturated heterocycles. The normalized spacial score (nSPS) is 19.9. The molecule has 3 N–H and O–H groups in total. The third-order valence-corrected chi connectivity index (χ3v) is 5.78. The van der Waals surface area contributed by atoms with E-state index in [4.69, 9.17) is 18.0 Å². The summed E-state index contributed by atoms with van der Waals surface area (Å²) >= 11 is 5.09. The maximum Gasteiger partial charge on any atom is 0.280 e. The lowest BCUT2D eigenvalue weighted by Crippen LogP contribution is -2.60. The van der Waals surface area contributed by atoms with Crippen molar-refractivity contribution in [3.8, 4) is 0 Å². The molecule has 0 spiro atoms. The Morgan fingerprint density at radius 1 is 1.28 bits per heavy atom. The maximum atomic E-state index is 12.3. The van der Waals surface area contributed by atoms with Crippen molar-refractivity contribution >= 4 is 27.4 Å². The van der Waals surface area contributed by atoms with Gasteiger partial charge in [0.05, 0.1) is 10.5 Å². The molecule has 1 saturated carbocycles. The van der Waals surface area contributed by atoms with Crippen LogP contribution in [0.1, 0.15) is 46.0 Å². The number of nitrogens with one attached hydrogen (secondary N) is 1. The van der Waals surface area contributed by atoms with Gasteiger partial charge in [-0.2, -0.15) is 17.4 Å². The second kappa shape index (κ2) is 6.27. The number of nitrogens with zero attached hydrogens (tertiary/aromatic N) is 1. The van der Waals surface area contributed by atoms with Crippen molar-refractivity contribution in [3.05, 3.63) is 0 Å². The average molecular weight is 293 g/mol. The van der Waals surface area contributed by atoms with Crippen LogP contribution in [0, 0.1) is 0 Å². The zero-order valence-corrected chi connectivity index (χ0v) is 12.7. The van der Waals surface area contributed by atoms with E-state index in [1.165, 1.54) is 4.31 Å². The quantitative estimate of drug-likeness (QED) is 0.720. The first kappa shape index (κ1) is 15.8. The van der Waals surface area contributed by atoms with Crippen LogP contribution < -0.4 is 10.5 Å². The molecule has 0 unspecified atom stereocenters. The highest BCUT2D eigenvalue weighted by atomic mass is 32.2. The number of nitrogens with two attached hydrogens (primary N) is 1. The predicted octanol–water partition coefficient (Wildman–Crippen LogP) is 1.15. The van der Waals surface area contributed by atoms with Crippen LogP contribution in [-0.2, 0) is 10.2 Å². The van der Waals surface area contributed by atoms with Crippen LogP contribution in [0.4, 0.5) is 0 Å². The molecule has 0 heterocycles. The molecule has 0 aromatic carbocycles. The molecule has 5 nitrogen and oxygen atoms in total. The van der Waals surface area contributed by atoms with Crippen LogP contribution in [0.15, 0.2) is 0 Å². The van der Waals surface area contributed by atoms with E-state index >= 15 is 0 Å². The summed E-state index contributed by atoms with van der Waals surface area (Å²) < 4.78 is 28.7. The lowest BCUT2D eigenvalue weighted by atomic mass is 9.82. The smallest absolute Gasteiger partial charge is 0.280 e. The summed E-state index contributed by atoms with van der Waals surface area (Å²) in [5.74, 6) is 0. The molecule has 0 atom stereocenters. The average Bonchev–Trinajstić information content (AvgIpc) is 2.30. The fourth-order valence-corrected chi connectivity index (χ4v) is 4.37. The van der Waals surface area contributed by atoms with Crippen molar-refractivity contribution in [3.63, 3.8) is 0 Å². The minimum absolute atomic E-state index is 0.262. The molecule has 7 heteroatoms. The fraction of sp³-hybridized carbons (Fsp3) is 0.909. The first-order valence-corrected chi connectivity index (χ1v) is 8.31. The summed E-state index contributed by atoms with van der Waals surface area (Å²) in [4.78, 5) is 0.262. The van der Waals surface area contributed by atoms with Crippen LogP contribution in [0.3, 0.4) is 0 Å². The Hall–Kier alpha value is -0.240. The van der Waals surface area contributed by atoms with Crippen LogP contribution >= 0.6 is 12.2 Å². The van der Waals surface area contributed by atoms with Crippen LogP contribution in [-0.4, -0.2) is 36.3 Å². The Kier molecular flexibility index (Phi) is 5.51. The Labute approximate surface area is 115 Å². The van der Waals surface area contributed by atoms with Gasteiger partial charge in [0.2, 0.25) is 0 Å². The lowest BCUT2D eigenvalue weighted by Gasteiger charge is -2.38. The Morgan fingerprint density at radius 2 is 1.78 bits per heavy atom. The Balaban J connectivity index is 2.93. The molecule has 1 aliphatic rings. The van der Waals surface area contributed by atoms with E-state index < -0.39 is 15.7 Å². The van der Waals surface area contributed by atoms with Crippen molar-refractivity contribution in [2.24, 2.45) is 5.73 Å². The number of rotatable bonds is 6. The lowest BCUT2D eigenvalue weighted by molar-refractivity contribution is 0.338. The number of hydrogen-bond donors (Lipinski definition) is 2. The summed E-state index contributed by atoms with van der Waals surface area (Å²) in [7, 11) is -3.51. The Morgan fingerprint density at radius 3 is 2.17 bits per heavy atom. The van der Waals surface area contributed by atoms with Gasteiger partial charge in [-0.3, -0.25) is 0 Å². The van der Waals surface area contributed by atoms with E-state index in [1.807, 2.05) is 13.8 Å². The third-order valence-electron chi connectivity index (χ3n) is 3.55. The fourth-order valence-electron chi connectivity index (χ4n) is 2.43. The number of thiocarbonyl (C=S) groups is 1. The second-order valence-corrected chi connectivity index (χ2v) is 6.81. The van der Waals surface area contributed by atoms with Gasteiger partial charge < -0.3 is 5.73 Å². The predicted molar refractivity (Wildman–Crippen MR) is 77.6 cm³/mol. The van der Waals surface area contributed by atoms with Gasteiger partial charge in [-0.05, 0) is 12.8 Å². The third kappa shape index (κ3) is 3.40. The van der Waals surface area contributed by atoms with Crippen molar-refractivity contribution in [2.45, 2.75) is 51.5 Å². The van der Waals surface area contributed by atoms with E-state index in [0.717, 1.165) is 19.3 Å². The second-order valence-electron chi connectivity index (χ2n) is 4.70. The van der Waals surface area contributed by atoms with Crippen LogP contribution in [0.5, 0.6) is 0 Å². The van der Waals surface area contributed by atoms with Crippen molar-refractivity contribution in [2.75, 3.05) is 13.1 Å². The molecule has 0 amide bonds. The molecule has 0 aliphatic heterocycles. The van der Waals surface area contributed by atoms with E-state index in [1.54, 1.807) is 0 Å². The highest BCUT2D eigenvalue weighted by Gasteiger charge is 2.39. The van der Waals surface area contributed by atoms with E-state index in [9.17, 15) is 8.42 Å². The molecule has 18 heavy (non-hydrogen) atoms. The Bertz CT molecular complexity index is 385. The minimum Gasteiger partial charge on any atom is -0.392 e. The zero-order chi connectivity index (χ0) is 13.8. The van der Waals surface area contributed by atoms with Gasteiger partial charge in [0.15, 0.2) is 0 Å². The minimum atomic E-state index is -3.51. The largest absolute Gasteiger partial charge is 0.392 e. The van der Waals surface area contributed by atoms with E-state index in [-0.39, 0.29) is 4.99 Å². The first-order valence-electron chi connectivity index (χ1n) is 6.47. The first-order chi connectivity index (χ1) is 8.38. The SMILES string of the molecule is CCN(CC)S(=O)(=O)NC1(C(N)=S)CCCCC1. The molecule has 0 aromatic rings. The van der Waals surface area contributed by atoms with Crippen molar-refractivity contribution in [1.82, 2.24) is 9.03 Å². The summed E-state index contributed by atoms with van der Waals surface area (Å²) in [6, 6.07) is 0. The van der Waals surface area contributed by atoms with Crippen molar-refractivity contribution < 1.29 is 8.42 Å². The summed E-state index contributed by atoms with van der Waals surface area (Å²) in [6.07, 6.45) is 4.42. The molecule has 1 aliphatic carbocycles. The zero-order valence-electron chi connectivity index (χ0n) is 11.1. The monoisotopic (exact) mass is 293 g/mol. The van der Waals surface area contributed by atoms with Crippen LogP contribution in [0.25, 0.3) is 0 Å². The van der Waals surface area contributed by atoms with Gasteiger partial charge in [0.1, 0.15) is 0 Å². The molecule has 1 rings (SSSR count). The summed E-state index contributed by atoms with van der Waals surface area (Å²) in [6.45, 7) is 4.52. The van der Waals surface area contributed by atoms with E-state index in [2.05, 4.69) is 4.72 Å². The molecule has 0 radical (unpaired) electrons. The van der Waals surface area contributed by atoms with Gasteiger partial charge in [-0.15, -0.1) is 0 Å². The molecular formula is C11H23N3O2S2. The highest BCUT2D eigenvalue weighted by Crippen LogP contribution is 2.29. The molecule has 0 aromatic heterocycles. The maximum absolute atomic E-state index is 12.3. The van der Waals surface area contributed by atoms with Crippen molar-refractivity contribution in [1.29, 1.82) is 0 Å². The molecular weight excluding hydrogens is 270 g/mol. The molecule has 1 fully saturated rings. The standard InChI is InChI=1S/C11H23N3O2S2/c1-3-14(4-2)18(15,16)13-11(10(12)17)8-6-5-7-9-11/h13H,3-9H2,1-2H3,(H2,12,17). The van der Waals surface area contributed by atoms with Gasteiger partial charge in [0.25, 0.3) is 10.2 Å². The van der Waals surface area contributed by atoms with Gasteiger partial charge in [-0.25, -0.2) is 0 Å².